The SMILES string of the molecule is c1ccc(-n2c3c(c4cccc(-c5ccccc5)c42)-c2ccccc2N(c2ccc(-c4cc(-c5ccccc5)cc(-c5ccccc5)n4)cc2)c2ccccc2-3)cc#1. The minimum atomic E-state index is 0.933. The van der Waals surface area contributed by atoms with Gasteiger partial charge in [0.1, 0.15) is 0 Å². The first-order valence-electron chi connectivity index (χ1n) is 19.6. The quantitative estimate of drug-likeness (QED) is 0.169. The Bertz CT molecular complexity index is 3020. The number of aromatic nitrogens is 2. The second-order valence-corrected chi connectivity index (χ2v) is 14.6. The van der Waals surface area contributed by atoms with E-state index in [1.54, 1.807) is 0 Å². The van der Waals surface area contributed by atoms with Gasteiger partial charge in [0.15, 0.2) is 0 Å². The Morgan fingerprint density at radius 3 is 1.64 bits per heavy atom. The number of para-hydroxylation sites is 3. The maximum atomic E-state index is 5.22. The second-order valence-electron chi connectivity index (χ2n) is 14.6. The summed E-state index contributed by atoms with van der Waals surface area (Å²) in [7, 11) is 0. The highest BCUT2D eigenvalue weighted by molar-refractivity contribution is 6.15. The predicted octanol–water partition coefficient (Wildman–Crippen LogP) is 14.4. The zero-order valence-electron chi connectivity index (χ0n) is 31.5. The molecule has 0 aliphatic carbocycles. The molecule has 0 spiro atoms. The Balaban J connectivity index is 1.12. The monoisotopic (exact) mass is 737 g/mol. The highest BCUT2D eigenvalue weighted by atomic mass is 15.2. The van der Waals surface area contributed by atoms with E-state index >= 15 is 0 Å². The number of hydrogen-bond acceptors (Lipinski definition) is 2. The van der Waals surface area contributed by atoms with Crippen molar-refractivity contribution >= 4 is 28.0 Å². The molecule has 8 aromatic carbocycles. The van der Waals surface area contributed by atoms with E-state index in [9.17, 15) is 0 Å². The number of hydrogen-bond donors (Lipinski definition) is 0. The summed E-state index contributed by atoms with van der Waals surface area (Å²) in [5.74, 6) is 0. The Morgan fingerprint density at radius 2 is 0.966 bits per heavy atom. The first kappa shape index (κ1) is 33.4. The van der Waals surface area contributed by atoms with Crippen LogP contribution in [0.2, 0.25) is 0 Å². The largest absolute Gasteiger partial charge is 0.309 e. The predicted molar refractivity (Wildman–Crippen MR) is 240 cm³/mol. The topological polar surface area (TPSA) is 21.1 Å². The summed E-state index contributed by atoms with van der Waals surface area (Å²) >= 11 is 0. The van der Waals surface area contributed by atoms with Crippen molar-refractivity contribution in [2.24, 2.45) is 0 Å². The molecular weight excluding hydrogens is 703 g/mol. The molecule has 3 heterocycles. The lowest BCUT2D eigenvalue weighted by Gasteiger charge is -2.27. The fourth-order valence-corrected chi connectivity index (χ4v) is 8.62. The summed E-state index contributed by atoms with van der Waals surface area (Å²) in [5.41, 5.74) is 18.9. The number of fused-ring (bicyclic) bond motifs is 7. The molecule has 0 unspecified atom stereocenters. The molecular formula is C55H35N3. The van der Waals surface area contributed by atoms with Crippen LogP contribution in [0.1, 0.15) is 0 Å². The van der Waals surface area contributed by atoms with Crippen molar-refractivity contribution in [1.29, 1.82) is 0 Å². The fourth-order valence-electron chi connectivity index (χ4n) is 8.62. The molecule has 0 fully saturated rings. The average molecular weight is 738 g/mol. The van der Waals surface area contributed by atoms with E-state index in [1.807, 2.05) is 18.2 Å². The Labute approximate surface area is 338 Å². The third kappa shape index (κ3) is 5.59. The minimum absolute atomic E-state index is 0.933. The van der Waals surface area contributed by atoms with Crippen molar-refractivity contribution in [1.82, 2.24) is 9.55 Å². The molecule has 270 valence electrons. The molecule has 0 saturated heterocycles. The van der Waals surface area contributed by atoms with E-state index in [4.69, 9.17) is 4.98 Å². The van der Waals surface area contributed by atoms with E-state index in [1.165, 1.54) is 33.2 Å². The van der Waals surface area contributed by atoms with Crippen molar-refractivity contribution in [2.45, 2.75) is 0 Å². The molecule has 3 heteroatoms. The van der Waals surface area contributed by atoms with Gasteiger partial charge >= 0.3 is 0 Å². The lowest BCUT2D eigenvalue weighted by Crippen LogP contribution is -2.11. The van der Waals surface area contributed by atoms with Crippen LogP contribution in [0.15, 0.2) is 212 Å². The summed E-state index contributed by atoms with van der Waals surface area (Å²) in [6, 6.07) is 81.9. The van der Waals surface area contributed by atoms with Gasteiger partial charge in [-0.15, -0.1) is 0 Å². The number of rotatable bonds is 6. The highest BCUT2D eigenvalue weighted by Gasteiger charge is 2.32. The van der Waals surface area contributed by atoms with Crippen LogP contribution in [-0.2, 0) is 0 Å². The van der Waals surface area contributed by atoms with Crippen LogP contribution in [-0.4, -0.2) is 9.55 Å². The second kappa shape index (κ2) is 14.0. The third-order valence-electron chi connectivity index (χ3n) is 11.2. The van der Waals surface area contributed by atoms with Gasteiger partial charge in [-0.1, -0.05) is 170 Å². The van der Waals surface area contributed by atoms with Gasteiger partial charge in [-0.3, -0.25) is 0 Å². The smallest absolute Gasteiger partial charge is 0.0715 e. The van der Waals surface area contributed by atoms with Crippen molar-refractivity contribution in [2.75, 3.05) is 4.90 Å². The number of nitrogens with zero attached hydrogens (tertiary/aromatic N) is 3. The lowest BCUT2D eigenvalue weighted by molar-refractivity contribution is 1.14. The molecule has 0 amide bonds. The lowest BCUT2D eigenvalue weighted by atomic mass is 9.96. The zero-order chi connectivity index (χ0) is 38.4. The summed E-state index contributed by atoms with van der Waals surface area (Å²) in [6.45, 7) is 0. The van der Waals surface area contributed by atoms with Crippen LogP contribution in [0.3, 0.4) is 0 Å². The van der Waals surface area contributed by atoms with Gasteiger partial charge in [-0.2, -0.15) is 0 Å². The molecule has 58 heavy (non-hydrogen) atoms. The van der Waals surface area contributed by atoms with Gasteiger partial charge in [-0.05, 0) is 65.2 Å². The third-order valence-corrected chi connectivity index (χ3v) is 11.2. The molecule has 2 aromatic heterocycles. The highest BCUT2D eigenvalue weighted by Crippen LogP contribution is 2.55. The average Bonchev–Trinajstić information content (AvgIpc) is 3.60. The van der Waals surface area contributed by atoms with Crippen LogP contribution >= 0.6 is 0 Å². The van der Waals surface area contributed by atoms with Crippen molar-refractivity contribution in [3.63, 3.8) is 0 Å². The normalized spacial score (nSPS) is 11.6. The van der Waals surface area contributed by atoms with Crippen LogP contribution in [0.25, 0.3) is 83.7 Å². The van der Waals surface area contributed by atoms with E-state index < -0.39 is 0 Å². The zero-order valence-corrected chi connectivity index (χ0v) is 31.5. The number of anilines is 3. The van der Waals surface area contributed by atoms with Crippen LogP contribution in [0.5, 0.6) is 0 Å². The van der Waals surface area contributed by atoms with Gasteiger partial charge in [0.25, 0.3) is 0 Å². The molecule has 0 atom stereocenters. The first-order chi connectivity index (χ1) is 28.8. The van der Waals surface area contributed by atoms with Crippen molar-refractivity contribution in [3.05, 3.63) is 224 Å². The molecule has 0 N–H and O–H groups in total. The molecule has 1 aliphatic rings. The van der Waals surface area contributed by atoms with E-state index in [-0.39, 0.29) is 0 Å². The number of benzene rings is 7. The Kier molecular flexibility index (Phi) is 8.05. The Hall–Kier alpha value is -7.93. The van der Waals surface area contributed by atoms with Crippen molar-refractivity contribution < 1.29 is 0 Å². The molecule has 11 rings (SSSR count). The van der Waals surface area contributed by atoms with Gasteiger partial charge in [0.05, 0.1) is 39.7 Å². The summed E-state index contributed by atoms with van der Waals surface area (Å²) < 4.78 is 2.44. The maximum Gasteiger partial charge on any atom is 0.0715 e. The van der Waals surface area contributed by atoms with Gasteiger partial charge in [0.2, 0.25) is 0 Å². The molecule has 0 radical (unpaired) electrons. The van der Waals surface area contributed by atoms with E-state index in [2.05, 4.69) is 216 Å². The first-order valence-corrected chi connectivity index (χ1v) is 19.6. The molecule has 10 aromatic rings. The van der Waals surface area contributed by atoms with Gasteiger partial charge in [0, 0.05) is 50.5 Å². The van der Waals surface area contributed by atoms with E-state index in [0.717, 1.165) is 67.6 Å². The molecule has 0 saturated carbocycles. The summed E-state index contributed by atoms with van der Waals surface area (Å²) in [5, 5.41) is 1.20. The van der Waals surface area contributed by atoms with E-state index in [0.29, 0.717) is 0 Å². The molecule has 3 nitrogen and oxygen atoms in total. The minimum Gasteiger partial charge on any atom is -0.309 e. The van der Waals surface area contributed by atoms with Gasteiger partial charge in [-0.25, -0.2) is 4.98 Å². The summed E-state index contributed by atoms with van der Waals surface area (Å²) in [6.07, 6.45) is 0. The van der Waals surface area contributed by atoms with Gasteiger partial charge < -0.3 is 9.47 Å². The van der Waals surface area contributed by atoms with Crippen LogP contribution < -0.4 is 4.90 Å². The van der Waals surface area contributed by atoms with Crippen molar-refractivity contribution in [3.8, 4) is 72.8 Å². The van der Waals surface area contributed by atoms with Crippen LogP contribution in [0.4, 0.5) is 17.1 Å². The Morgan fingerprint density at radius 1 is 0.397 bits per heavy atom. The molecule has 0 bridgehead atoms. The fraction of sp³-hybridized carbons (Fsp3) is 0. The molecule has 1 aliphatic heterocycles. The number of pyridine rings is 1. The standard InChI is InChI=1S/C55H35N3/c1-5-18-38(19-6-1)42-36-49(40-22-9-3-10-23-40)56-50(37-42)41-32-34-44(35-33-41)57-51-30-15-13-26-46(51)53-48-29-17-28-45(39-20-7-2-8-21-39)54(48)58(43-24-11-4-12-25-43)55(53)47-27-14-16-31-52(47)57/h1-3,5-11,13-37H. The summed E-state index contributed by atoms with van der Waals surface area (Å²) in [4.78, 5) is 7.64. The van der Waals surface area contributed by atoms with Crippen LogP contribution in [0, 0.1) is 12.1 Å². The maximum absolute atomic E-state index is 5.22.